The average molecular weight is 393 g/mol. The lowest BCUT2D eigenvalue weighted by Gasteiger charge is -2.28. The lowest BCUT2D eigenvalue weighted by atomic mass is 10.2. The van der Waals surface area contributed by atoms with Crippen molar-refractivity contribution in [2.24, 2.45) is 0 Å². The predicted molar refractivity (Wildman–Crippen MR) is 117 cm³/mol. The number of hydrogen-bond donors (Lipinski definition) is 1. The van der Waals surface area contributed by atoms with Crippen LogP contribution in [0, 0.1) is 6.92 Å². The van der Waals surface area contributed by atoms with Crippen molar-refractivity contribution in [3.05, 3.63) is 65.9 Å². The molecule has 0 fully saturated rings. The Labute approximate surface area is 172 Å². The van der Waals surface area contributed by atoms with Gasteiger partial charge in [0.2, 0.25) is 5.95 Å². The van der Waals surface area contributed by atoms with Gasteiger partial charge in [0.05, 0.1) is 19.9 Å². The van der Waals surface area contributed by atoms with Gasteiger partial charge in [-0.1, -0.05) is 30.3 Å². The van der Waals surface area contributed by atoms with Gasteiger partial charge >= 0.3 is 0 Å². The van der Waals surface area contributed by atoms with E-state index in [9.17, 15) is 0 Å². The summed E-state index contributed by atoms with van der Waals surface area (Å²) in [5.74, 6) is 2.82. The number of methoxy groups -OCH3 is 2. The number of aromatic nitrogens is 2. The first-order chi connectivity index (χ1) is 14.0. The van der Waals surface area contributed by atoms with Gasteiger partial charge in [-0.25, -0.2) is 4.98 Å². The zero-order chi connectivity index (χ0) is 20.8. The van der Waals surface area contributed by atoms with E-state index in [0.29, 0.717) is 11.7 Å². The summed E-state index contributed by atoms with van der Waals surface area (Å²) in [5, 5.41) is 3.28. The van der Waals surface area contributed by atoms with Crippen LogP contribution in [0.15, 0.2) is 54.6 Å². The third-order valence-electron chi connectivity index (χ3n) is 4.61. The minimum absolute atomic E-state index is 0.281. The number of rotatable bonds is 8. The highest BCUT2D eigenvalue weighted by molar-refractivity contribution is 5.65. The first-order valence-corrected chi connectivity index (χ1v) is 9.65. The molecule has 0 radical (unpaired) electrons. The lowest BCUT2D eigenvalue weighted by Crippen LogP contribution is -2.31. The average Bonchev–Trinajstić information content (AvgIpc) is 2.72. The van der Waals surface area contributed by atoms with Crippen molar-refractivity contribution in [1.82, 2.24) is 9.97 Å². The van der Waals surface area contributed by atoms with Gasteiger partial charge in [0, 0.05) is 30.4 Å². The second-order valence-electron chi connectivity index (χ2n) is 7.09. The largest absolute Gasteiger partial charge is 0.497 e. The van der Waals surface area contributed by atoms with Crippen LogP contribution in [0.1, 0.15) is 25.1 Å². The summed E-state index contributed by atoms with van der Waals surface area (Å²) >= 11 is 0. The van der Waals surface area contributed by atoms with Crippen LogP contribution in [0.2, 0.25) is 0 Å². The van der Waals surface area contributed by atoms with Crippen LogP contribution in [-0.2, 0) is 6.54 Å². The maximum absolute atomic E-state index is 5.46. The number of benzene rings is 2. The van der Waals surface area contributed by atoms with Gasteiger partial charge in [-0.15, -0.1) is 0 Å². The first kappa shape index (κ1) is 20.5. The summed E-state index contributed by atoms with van der Waals surface area (Å²) in [7, 11) is 3.27. The quantitative estimate of drug-likeness (QED) is 0.585. The van der Waals surface area contributed by atoms with E-state index in [0.717, 1.165) is 29.5 Å². The Hall–Kier alpha value is -3.28. The smallest absolute Gasteiger partial charge is 0.229 e. The zero-order valence-electron chi connectivity index (χ0n) is 17.6. The highest BCUT2D eigenvalue weighted by atomic mass is 16.5. The predicted octanol–water partition coefficient (Wildman–Crippen LogP) is 4.96. The summed E-state index contributed by atoms with van der Waals surface area (Å²) in [5.41, 5.74) is 2.88. The zero-order valence-corrected chi connectivity index (χ0v) is 17.6. The summed E-state index contributed by atoms with van der Waals surface area (Å²) in [6.07, 6.45) is 0. The molecule has 3 aromatic rings. The number of aryl methyl sites for hydroxylation is 1. The normalized spacial score (nSPS) is 10.7. The Bertz CT molecular complexity index is 945. The number of hydrogen-bond acceptors (Lipinski definition) is 6. The van der Waals surface area contributed by atoms with Gasteiger partial charge in [-0.2, -0.15) is 4.98 Å². The molecule has 0 atom stereocenters. The molecule has 0 unspecified atom stereocenters. The molecule has 2 aromatic carbocycles. The highest BCUT2D eigenvalue weighted by Crippen LogP contribution is 2.31. The van der Waals surface area contributed by atoms with Crippen molar-refractivity contribution in [3.63, 3.8) is 0 Å². The van der Waals surface area contributed by atoms with E-state index in [-0.39, 0.29) is 6.04 Å². The summed E-state index contributed by atoms with van der Waals surface area (Å²) < 4.78 is 10.8. The molecule has 0 aliphatic heterocycles. The van der Waals surface area contributed by atoms with Gasteiger partial charge in [-0.3, -0.25) is 0 Å². The fraction of sp³-hybridized carbons (Fsp3) is 0.304. The third-order valence-corrected chi connectivity index (χ3v) is 4.61. The number of nitrogens with one attached hydrogen (secondary N) is 1. The fourth-order valence-corrected chi connectivity index (χ4v) is 3.10. The van der Waals surface area contributed by atoms with E-state index < -0.39 is 0 Å². The molecule has 6 heteroatoms. The first-order valence-electron chi connectivity index (χ1n) is 9.65. The molecule has 152 valence electrons. The molecule has 0 saturated heterocycles. The maximum Gasteiger partial charge on any atom is 0.229 e. The van der Waals surface area contributed by atoms with Crippen LogP contribution in [0.4, 0.5) is 17.5 Å². The molecule has 29 heavy (non-hydrogen) atoms. The molecular weight excluding hydrogens is 364 g/mol. The van der Waals surface area contributed by atoms with Crippen molar-refractivity contribution in [3.8, 4) is 11.5 Å². The SMILES string of the molecule is COc1ccc(OC)c(Nc2nc(C)cc(N(Cc3ccccc3)C(C)C)n2)c1. The maximum atomic E-state index is 5.46. The molecule has 1 aromatic heterocycles. The molecule has 0 aliphatic rings. The third kappa shape index (κ3) is 5.16. The number of anilines is 3. The molecule has 3 rings (SSSR count). The van der Waals surface area contributed by atoms with Crippen LogP contribution in [0.3, 0.4) is 0 Å². The van der Waals surface area contributed by atoms with Gasteiger partial charge in [0.25, 0.3) is 0 Å². The molecule has 1 N–H and O–H groups in total. The van der Waals surface area contributed by atoms with E-state index in [4.69, 9.17) is 14.5 Å². The van der Waals surface area contributed by atoms with Crippen molar-refractivity contribution in [1.29, 1.82) is 0 Å². The molecule has 0 amide bonds. The molecule has 6 nitrogen and oxygen atoms in total. The molecule has 0 spiro atoms. The van der Waals surface area contributed by atoms with E-state index in [2.05, 4.69) is 53.3 Å². The van der Waals surface area contributed by atoms with Crippen LogP contribution in [0.25, 0.3) is 0 Å². The Kier molecular flexibility index (Phi) is 6.54. The van der Waals surface area contributed by atoms with E-state index in [1.165, 1.54) is 5.56 Å². The molecular formula is C23H28N4O2. The molecule has 0 aliphatic carbocycles. The second-order valence-corrected chi connectivity index (χ2v) is 7.09. The monoisotopic (exact) mass is 392 g/mol. The van der Waals surface area contributed by atoms with Gasteiger partial charge in [-0.05, 0) is 38.5 Å². The summed E-state index contributed by atoms with van der Waals surface area (Å²) in [6.45, 7) is 7.08. The van der Waals surface area contributed by atoms with Gasteiger partial charge in [0.1, 0.15) is 17.3 Å². The van der Waals surface area contributed by atoms with E-state index in [1.807, 2.05) is 37.3 Å². The van der Waals surface area contributed by atoms with Crippen molar-refractivity contribution in [2.45, 2.75) is 33.4 Å². The van der Waals surface area contributed by atoms with Gasteiger partial charge in [0.15, 0.2) is 0 Å². The van der Waals surface area contributed by atoms with Crippen LogP contribution >= 0.6 is 0 Å². The molecule has 0 saturated carbocycles. The van der Waals surface area contributed by atoms with Crippen LogP contribution in [-0.4, -0.2) is 30.2 Å². The standard InChI is InChI=1S/C23H28N4O2/c1-16(2)27(15-18-9-7-6-8-10-18)22-13-17(3)24-23(26-22)25-20-14-19(28-4)11-12-21(20)29-5/h6-14,16H,15H2,1-5H3,(H,24,25,26). The fourth-order valence-electron chi connectivity index (χ4n) is 3.10. The van der Waals surface area contributed by atoms with E-state index in [1.54, 1.807) is 14.2 Å². The minimum Gasteiger partial charge on any atom is -0.497 e. The molecule has 0 bridgehead atoms. The summed E-state index contributed by atoms with van der Waals surface area (Å²) in [4.78, 5) is 11.6. The Balaban J connectivity index is 1.93. The van der Waals surface area contributed by atoms with Crippen LogP contribution in [0.5, 0.6) is 11.5 Å². The van der Waals surface area contributed by atoms with E-state index >= 15 is 0 Å². The number of nitrogens with zero attached hydrogens (tertiary/aromatic N) is 3. The van der Waals surface area contributed by atoms with Crippen LogP contribution < -0.4 is 19.7 Å². The van der Waals surface area contributed by atoms with Crippen molar-refractivity contribution in [2.75, 3.05) is 24.4 Å². The Morgan fingerprint density at radius 1 is 0.966 bits per heavy atom. The second kappa shape index (κ2) is 9.28. The van der Waals surface area contributed by atoms with Crippen molar-refractivity contribution < 1.29 is 9.47 Å². The summed E-state index contributed by atoms with van der Waals surface area (Å²) in [6, 6.07) is 18.3. The number of ether oxygens (including phenoxy) is 2. The Morgan fingerprint density at radius 2 is 1.72 bits per heavy atom. The minimum atomic E-state index is 0.281. The molecule has 1 heterocycles. The lowest BCUT2D eigenvalue weighted by molar-refractivity contribution is 0.405. The van der Waals surface area contributed by atoms with Crippen molar-refractivity contribution >= 4 is 17.5 Å². The highest BCUT2D eigenvalue weighted by Gasteiger charge is 2.16. The Morgan fingerprint density at radius 3 is 2.38 bits per heavy atom. The van der Waals surface area contributed by atoms with Gasteiger partial charge < -0.3 is 19.7 Å². The topological polar surface area (TPSA) is 59.5 Å².